The predicted octanol–water partition coefficient (Wildman–Crippen LogP) is 2.22. The highest BCUT2D eigenvalue weighted by molar-refractivity contribution is 5.66. The summed E-state index contributed by atoms with van der Waals surface area (Å²) in [6.07, 6.45) is 6.00. The number of nitrogens with zero attached hydrogens (tertiary/aromatic N) is 1. The van der Waals surface area contributed by atoms with E-state index in [1.807, 2.05) is 0 Å². The number of rotatable bonds is 6. The summed E-state index contributed by atoms with van der Waals surface area (Å²) in [7, 11) is 0. The van der Waals surface area contributed by atoms with Gasteiger partial charge in [0.25, 0.3) is 0 Å². The van der Waals surface area contributed by atoms with E-state index in [0.717, 1.165) is 37.4 Å². The standard InChI is InChI=1S/C13H23NO2/c1-2-14(6-5-13(15)16)9-12-8-10-3-4-11(12)7-10/h10-12H,2-9H2,1H3,(H,15,16). The molecule has 2 bridgehead atoms. The van der Waals surface area contributed by atoms with E-state index in [-0.39, 0.29) is 6.42 Å². The number of carboxylic acid groups (broad SMARTS) is 1. The first-order valence-corrected chi connectivity index (χ1v) is 6.63. The van der Waals surface area contributed by atoms with E-state index < -0.39 is 5.97 Å². The Kier molecular flexibility index (Phi) is 3.85. The van der Waals surface area contributed by atoms with Crippen molar-refractivity contribution in [3.63, 3.8) is 0 Å². The molecule has 0 saturated heterocycles. The average molecular weight is 225 g/mol. The van der Waals surface area contributed by atoms with Gasteiger partial charge in [0.2, 0.25) is 0 Å². The number of fused-ring (bicyclic) bond motifs is 2. The molecule has 0 aromatic heterocycles. The van der Waals surface area contributed by atoms with E-state index in [1.165, 1.54) is 25.7 Å². The third-order valence-electron chi connectivity index (χ3n) is 4.47. The van der Waals surface area contributed by atoms with Crippen LogP contribution in [0.3, 0.4) is 0 Å². The molecule has 0 aliphatic heterocycles. The van der Waals surface area contributed by atoms with Crippen LogP contribution in [0, 0.1) is 17.8 Å². The van der Waals surface area contributed by atoms with Crippen molar-refractivity contribution in [1.82, 2.24) is 4.90 Å². The molecule has 3 heteroatoms. The van der Waals surface area contributed by atoms with Gasteiger partial charge >= 0.3 is 5.97 Å². The molecule has 2 rings (SSSR count). The van der Waals surface area contributed by atoms with Gasteiger partial charge in [0.1, 0.15) is 0 Å². The molecule has 3 unspecified atom stereocenters. The molecule has 0 heterocycles. The number of hydrogen-bond acceptors (Lipinski definition) is 2. The quantitative estimate of drug-likeness (QED) is 0.753. The van der Waals surface area contributed by atoms with E-state index in [1.54, 1.807) is 0 Å². The van der Waals surface area contributed by atoms with Crippen molar-refractivity contribution in [2.24, 2.45) is 17.8 Å². The van der Waals surface area contributed by atoms with E-state index in [4.69, 9.17) is 5.11 Å². The number of hydrogen-bond donors (Lipinski definition) is 1. The summed E-state index contributed by atoms with van der Waals surface area (Å²) in [5.41, 5.74) is 0. The Morgan fingerprint density at radius 2 is 2.19 bits per heavy atom. The van der Waals surface area contributed by atoms with Gasteiger partial charge in [0.15, 0.2) is 0 Å². The lowest BCUT2D eigenvalue weighted by Gasteiger charge is -2.28. The topological polar surface area (TPSA) is 40.5 Å². The molecule has 0 spiro atoms. The zero-order valence-electron chi connectivity index (χ0n) is 10.2. The fourth-order valence-corrected chi connectivity index (χ4v) is 3.56. The van der Waals surface area contributed by atoms with Crippen LogP contribution in [0.4, 0.5) is 0 Å². The molecular formula is C13H23NO2. The smallest absolute Gasteiger partial charge is 0.304 e. The normalized spacial score (nSPS) is 32.5. The molecule has 3 atom stereocenters. The summed E-state index contributed by atoms with van der Waals surface area (Å²) in [4.78, 5) is 12.9. The van der Waals surface area contributed by atoms with Crippen molar-refractivity contribution < 1.29 is 9.90 Å². The molecular weight excluding hydrogens is 202 g/mol. The van der Waals surface area contributed by atoms with Crippen molar-refractivity contribution in [1.29, 1.82) is 0 Å². The number of aliphatic carboxylic acids is 1. The van der Waals surface area contributed by atoms with E-state index in [0.29, 0.717) is 0 Å². The van der Waals surface area contributed by atoms with E-state index in [2.05, 4.69) is 11.8 Å². The van der Waals surface area contributed by atoms with Crippen LogP contribution in [-0.4, -0.2) is 35.6 Å². The van der Waals surface area contributed by atoms with Crippen molar-refractivity contribution in [3.8, 4) is 0 Å². The summed E-state index contributed by atoms with van der Waals surface area (Å²) >= 11 is 0. The van der Waals surface area contributed by atoms with Gasteiger partial charge in [-0.25, -0.2) is 0 Å². The van der Waals surface area contributed by atoms with Crippen LogP contribution in [0.1, 0.15) is 39.0 Å². The molecule has 92 valence electrons. The average Bonchev–Trinajstić information content (AvgIpc) is 2.85. The molecule has 0 amide bonds. The van der Waals surface area contributed by atoms with Crippen molar-refractivity contribution in [2.75, 3.05) is 19.6 Å². The first-order valence-electron chi connectivity index (χ1n) is 6.63. The second kappa shape index (κ2) is 5.17. The van der Waals surface area contributed by atoms with Crippen molar-refractivity contribution in [3.05, 3.63) is 0 Å². The second-order valence-electron chi connectivity index (χ2n) is 5.47. The van der Waals surface area contributed by atoms with Gasteiger partial charge in [0.05, 0.1) is 6.42 Å². The fraction of sp³-hybridized carbons (Fsp3) is 0.923. The first-order chi connectivity index (χ1) is 7.69. The Balaban J connectivity index is 1.76. The minimum absolute atomic E-state index is 0.286. The summed E-state index contributed by atoms with van der Waals surface area (Å²) in [6.45, 7) is 4.97. The summed E-state index contributed by atoms with van der Waals surface area (Å²) in [6, 6.07) is 0. The molecule has 2 aliphatic rings. The minimum Gasteiger partial charge on any atom is -0.481 e. The van der Waals surface area contributed by atoms with Gasteiger partial charge in [-0.2, -0.15) is 0 Å². The van der Waals surface area contributed by atoms with Gasteiger partial charge < -0.3 is 10.0 Å². The monoisotopic (exact) mass is 225 g/mol. The van der Waals surface area contributed by atoms with Crippen molar-refractivity contribution >= 4 is 5.97 Å². The lowest BCUT2D eigenvalue weighted by atomic mass is 9.88. The highest BCUT2D eigenvalue weighted by Gasteiger charge is 2.39. The highest BCUT2D eigenvalue weighted by Crippen LogP contribution is 2.48. The van der Waals surface area contributed by atoms with Crippen molar-refractivity contribution in [2.45, 2.75) is 39.0 Å². The Bertz CT molecular complexity index is 254. The van der Waals surface area contributed by atoms with E-state index >= 15 is 0 Å². The molecule has 0 aromatic carbocycles. The zero-order chi connectivity index (χ0) is 11.5. The predicted molar refractivity (Wildman–Crippen MR) is 63.3 cm³/mol. The third kappa shape index (κ3) is 2.76. The minimum atomic E-state index is -0.675. The maximum absolute atomic E-state index is 10.6. The molecule has 2 saturated carbocycles. The largest absolute Gasteiger partial charge is 0.481 e. The SMILES string of the molecule is CCN(CCC(=O)O)CC1CC2CCC1C2. The maximum Gasteiger partial charge on any atom is 0.304 e. The first kappa shape index (κ1) is 11.9. The van der Waals surface area contributed by atoms with Crippen LogP contribution in [0.5, 0.6) is 0 Å². The third-order valence-corrected chi connectivity index (χ3v) is 4.47. The summed E-state index contributed by atoms with van der Waals surface area (Å²) in [5.74, 6) is 2.12. The second-order valence-corrected chi connectivity index (χ2v) is 5.47. The van der Waals surface area contributed by atoms with Crippen LogP contribution in [0.25, 0.3) is 0 Å². The van der Waals surface area contributed by atoms with Gasteiger partial charge in [0, 0.05) is 13.1 Å². The molecule has 16 heavy (non-hydrogen) atoms. The van der Waals surface area contributed by atoms with Crippen LogP contribution >= 0.6 is 0 Å². The molecule has 0 aromatic rings. The molecule has 1 N–H and O–H groups in total. The lowest BCUT2D eigenvalue weighted by Crippen LogP contribution is -2.33. The van der Waals surface area contributed by atoms with Crippen LogP contribution in [0.2, 0.25) is 0 Å². The van der Waals surface area contributed by atoms with Gasteiger partial charge in [-0.05, 0) is 43.6 Å². The van der Waals surface area contributed by atoms with Gasteiger partial charge in [-0.3, -0.25) is 4.79 Å². The highest BCUT2D eigenvalue weighted by atomic mass is 16.4. The summed E-state index contributed by atoms with van der Waals surface area (Å²) < 4.78 is 0. The van der Waals surface area contributed by atoms with Gasteiger partial charge in [-0.15, -0.1) is 0 Å². The van der Waals surface area contributed by atoms with Gasteiger partial charge in [-0.1, -0.05) is 13.3 Å². The van der Waals surface area contributed by atoms with Crippen LogP contribution in [-0.2, 0) is 4.79 Å². The molecule has 3 nitrogen and oxygen atoms in total. The molecule has 0 radical (unpaired) electrons. The Hall–Kier alpha value is -0.570. The Labute approximate surface area is 97.8 Å². The van der Waals surface area contributed by atoms with Crippen LogP contribution < -0.4 is 0 Å². The molecule has 2 aliphatic carbocycles. The number of carbonyl (C=O) groups is 1. The Morgan fingerprint density at radius 1 is 1.38 bits per heavy atom. The summed E-state index contributed by atoms with van der Waals surface area (Å²) in [5, 5.41) is 8.70. The maximum atomic E-state index is 10.6. The fourth-order valence-electron chi connectivity index (χ4n) is 3.56. The molecule has 2 fully saturated rings. The Morgan fingerprint density at radius 3 is 2.69 bits per heavy atom. The van der Waals surface area contributed by atoms with E-state index in [9.17, 15) is 4.79 Å². The zero-order valence-corrected chi connectivity index (χ0v) is 10.2. The lowest BCUT2D eigenvalue weighted by molar-refractivity contribution is -0.137. The number of carboxylic acids is 1. The van der Waals surface area contributed by atoms with Crippen LogP contribution in [0.15, 0.2) is 0 Å².